The van der Waals surface area contributed by atoms with E-state index in [2.05, 4.69) is 57.8 Å². The van der Waals surface area contributed by atoms with Crippen LogP contribution >= 0.6 is 0 Å². The highest BCUT2D eigenvalue weighted by Crippen LogP contribution is 2.31. The van der Waals surface area contributed by atoms with E-state index >= 15 is 0 Å². The molecule has 1 aromatic carbocycles. The van der Waals surface area contributed by atoms with Crippen LogP contribution in [0.4, 0.5) is 0 Å². The molecule has 23 heavy (non-hydrogen) atoms. The number of fused-ring (bicyclic) bond motifs is 3. The van der Waals surface area contributed by atoms with Crippen LogP contribution < -0.4 is 0 Å². The third kappa shape index (κ3) is 2.66. The van der Waals surface area contributed by atoms with Crippen LogP contribution in [0.1, 0.15) is 23.7 Å². The monoisotopic (exact) mass is 305 g/mol. The summed E-state index contributed by atoms with van der Waals surface area (Å²) < 4.78 is 2.55. The molecule has 1 aliphatic heterocycles. The van der Waals surface area contributed by atoms with Crippen LogP contribution in [0.15, 0.2) is 48.8 Å². The molecule has 0 saturated heterocycles. The fraction of sp³-hybridized carbons (Fsp3) is 0.350. The first-order valence-corrected chi connectivity index (χ1v) is 8.57. The summed E-state index contributed by atoms with van der Waals surface area (Å²) >= 11 is 0. The Morgan fingerprint density at radius 2 is 1.91 bits per heavy atom. The average Bonchev–Trinajstić information content (AvgIpc) is 2.94. The minimum atomic E-state index is 1.05. The van der Waals surface area contributed by atoms with Crippen molar-refractivity contribution in [1.82, 2.24) is 14.5 Å². The smallest absolute Gasteiger partial charge is 0.0486 e. The largest absolute Gasteiger partial charge is 0.344 e. The molecule has 2 aromatic heterocycles. The Bertz CT molecular complexity index is 804. The van der Waals surface area contributed by atoms with E-state index in [9.17, 15) is 0 Å². The van der Waals surface area contributed by atoms with E-state index in [-0.39, 0.29) is 0 Å². The van der Waals surface area contributed by atoms with Gasteiger partial charge in [0.05, 0.1) is 0 Å². The summed E-state index contributed by atoms with van der Waals surface area (Å²) in [5, 5.41) is 1.44. The van der Waals surface area contributed by atoms with Gasteiger partial charge in [0.25, 0.3) is 0 Å². The summed E-state index contributed by atoms with van der Waals surface area (Å²) in [6.07, 6.45) is 5.99. The van der Waals surface area contributed by atoms with Crippen molar-refractivity contribution < 1.29 is 0 Å². The number of likely N-dealkylation sites (N-methyl/N-ethyl adjacent to an activating group) is 1. The van der Waals surface area contributed by atoms with Crippen LogP contribution in [-0.2, 0) is 25.9 Å². The van der Waals surface area contributed by atoms with Crippen molar-refractivity contribution in [2.45, 2.75) is 32.9 Å². The van der Waals surface area contributed by atoms with Gasteiger partial charge in [0, 0.05) is 55.0 Å². The molecule has 4 rings (SSSR count). The first-order chi connectivity index (χ1) is 11.4. The normalized spacial score (nSPS) is 15.0. The average molecular weight is 305 g/mol. The van der Waals surface area contributed by atoms with E-state index in [1.54, 1.807) is 11.3 Å². The summed E-state index contributed by atoms with van der Waals surface area (Å²) in [6, 6.07) is 13.1. The lowest BCUT2D eigenvalue weighted by atomic mass is 10.0. The molecular formula is C20H23N3. The van der Waals surface area contributed by atoms with E-state index in [0.717, 1.165) is 32.5 Å². The molecule has 0 unspecified atom stereocenters. The lowest BCUT2D eigenvalue weighted by Crippen LogP contribution is -2.30. The van der Waals surface area contributed by atoms with Crippen molar-refractivity contribution in [2.75, 3.05) is 13.1 Å². The predicted octanol–water partition coefficient (Wildman–Crippen LogP) is 3.66. The van der Waals surface area contributed by atoms with Gasteiger partial charge in [-0.2, -0.15) is 0 Å². The van der Waals surface area contributed by atoms with Crippen LogP contribution in [0, 0.1) is 0 Å². The molecule has 3 nitrogen and oxygen atoms in total. The van der Waals surface area contributed by atoms with Gasteiger partial charge in [-0.3, -0.25) is 9.88 Å². The summed E-state index contributed by atoms with van der Waals surface area (Å²) in [6.45, 7) is 6.71. The van der Waals surface area contributed by atoms with Gasteiger partial charge in [-0.25, -0.2) is 0 Å². The first kappa shape index (κ1) is 14.5. The number of aryl methyl sites for hydroxylation is 2. The van der Waals surface area contributed by atoms with Crippen molar-refractivity contribution in [3.8, 4) is 0 Å². The maximum absolute atomic E-state index is 4.12. The number of pyridine rings is 1. The maximum Gasteiger partial charge on any atom is 0.0486 e. The minimum absolute atomic E-state index is 1.05. The molecular weight excluding hydrogens is 282 g/mol. The fourth-order valence-electron chi connectivity index (χ4n) is 3.77. The third-order valence-electron chi connectivity index (χ3n) is 5.06. The number of nitrogens with zero attached hydrogens (tertiary/aromatic N) is 3. The molecule has 0 N–H and O–H groups in total. The Balaban J connectivity index is 1.72. The zero-order chi connectivity index (χ0) is 15.6. The van der Waals surface area contributed by atoms with Crippen molar-refractivity contribution in [1.29, 1.82) is 0 Å². The summed E-state index contributed by atoms with van der Waals surface area (Å²) in [5.74, 6) is 0. The van der Waals surface area contributed by atoms with Crippen molar-refractivity contribution in [2.24, 2.45) is 0 Å². The summed E-state index contributed by atoms with van der Waals surface area (Å²) in [4.78, 5) is 6.66. The number of hydrogen-bond donors (Lipinski definition) is 0. The lowest BCUT2D eigenvalue weighted by Gasteiger charge is -2.27. The molecule has 0 aliphatic carbocycles. The van der Waals surface area contributed by atoms with Gasteiger partial charge in [0.1, 0.15) is 0 Å². The number of aromatic nitrogens is 2. The number of rotatable bonds is 4. The highest BCUT2D eigenvalue weighted by Gasteiger charge is 2.22. The second kappa shape index (κ2) is 6.17. The molecule has 0 bridgehead atoms. The standard InChI is InChI=1S/C20H23N3/c1-2-22-13-10-20-18(15-22)17-5-3-4-6-19(17)23(20)14-9-16-7-11-21-12-8-16/h3-8,11-12H,2,9-10,13-15H2,1H3. The number of benzene rings is 1. The minimum Gasteiger partial charge on any atom is -0.344 e. The highest BCUT2D eigenvalue weighted by molar-refractivity contribution is 5.85. The zero-order valence-corrected chi connectivity index (χ0v) is 13.7. The highest BCUT2D eigenvalue weighted by atomic mass is 15.1. The Hall–Kier alpha value is -2.13. The van der Waals surface area contributed by atoms with E-state index in [1.165, 1.54) is 23.0 Å². The van der Waals surface area contributed by atoms with Crippen LogP contribution in [0.5, 0.6) is 0 Å². The molecule has 0 spiro atoms. The lowest BCUT2D eigenvalue weighted by molar-refractivity contribution is 0.265. The Labute approximate surface area is 137 Å². The molecule has 0 amide bonds. The second-order valence-electron chi connectivity index (χ2n) is 6.32. The molecule has 3 heteroatoms. The fourth-order valence-corrected chi connectivity index (χ4v) is 3.77. The predicted molar refractivity (Wildman–Crippen MR) is 94.5 cm³/mol. The van der Waals surface area contributed by atoms with E-state index < -0.39 is 0 Å². The Morgan fingerprint density at radius 3 is 2.74 bits per heavy atom. The van der Waals surface area contributed by atoms with Gasteiger partial charge in [-0.05, 0) is 42.3 Å². The number of para-hydroxylation sites is 1. The van der Waals surface area contributed by atoms with Gasteiger partial charge < -0.3 is 4.57 Å². The van der Waals surface area contributed by atoms with Gasteiger partial charge in [-0.15, -0.1) is 0 Å². The molecule has 1 aliphatic rings. The molecule has 3 heterocycles. The molecule has 0 radical (unpaired) electrons. The number of hydrogen-bond acceptors (Lipinski definition) is 2. The van der Waals surface area contributed by atoms with E-state index in [4.69, 9.17) is 0 Å². The van der Waals surface area contributed by atoms with Gasteiger partial charge in [0.15, 0.2) is 0 Å². The van der Waals surface area contributed by atoms with Crippen LogP contribution in [0.2, 0.25) is 0 Å². The molecule has 0 fully saturated rings. The van der Waals surface area contributed by atoms with Gasteiger partial charge in [0.2, 0.25) is 0 Å². The third-order valence-corrected chi connectivity index (χ3v) is 5.06. The molecule has 0 atom stereocenters. The Kier molecular flexibility index (Phi) is 3.88. The quantitative estimate of drug-likeness (QED) is 0.733. The zero-order valence-electron chi connectivity index (χ0n) is 13.7. The summed E-state index contributed by atoms with van der Waals surface area (Å²) in [7, 11) is 0. The van der Waals surface area contributed by atoms with E-state index in [0.29, 0.717) is 0 Å². The van der Waals surface area contributed by atoms with Crippen LogP contribution in [0.25, 0.3) is 10.9 Å². The van der Waals surface area contributed by atoms with E-state index in [1.807, 2.05) is 12.4 Å². The summed E-state index contributed by atoms with van der Waals surface area (Å²) in [5.41, 5.74) is 5.84. The van der Waals surface area contributed by atoms with Crippen molar-refractivity contribution >= 4 is 10.9 Å². The molecule has 118 valence electrons. The second-order valence-corrected chi connectivity index (χ2v) is 6.32. The van der Waals surface area contributed by atoms with Gasteiger partial charge in [-0.1, -0.05) is 25.1 Å². The topological polar surface area (TPSA) is 21.1 Å². The first-order valence-electron chi connectivity index (χ1n) is 8.57. The Morgan fingerprint density at radius 1 is 1.09 bits per heavy atom. The van der Waals surface area contributed by atoms with Crippen molar-refractivity contribution in [3.63, 3.8) is 0 Å². The molecule has 3 aromatic rings. The van der Waals surface area contributed by atoms with Crippen LogP contribution in [0.3, 0.4) is 0 Å². The maximum atomic E-state index is 4.12. The van der Waals surface area contributed by atoms with Crippen LogP contribution in [-0.4, -0.2) is 27.5 Å². The molecule has 0 saturated carbocycles. The van der Waals surface area contributed by atoms with Crippen molar-refractivity contribution in [3.05, 3.63) is 65.6 Å². The van der Waals surface area contributed by atoms with Gasteiger partial charge >= 0.3 is 0 Å². The SMILES string of the molecule is CCN1CCc2c(c3ccccc3n2CCc2ccncc2)C1.